The van der Waals surface area contributed by atoms with Crippen molar-refractivity contribution in [2.75, 3.05) is 26.2 Å². The Labute approximate surface area is 151 Å². The lowest BCUT2D eigenvalue weighted by Crippen LogP contribution is -2.51. The second-order valence-electron chi connectivity index (χ2n) is 6.64. The van der Waals surface area contributed by atoms with Crippen LogP contribution in [0.25, 0.3) is 0 Å². The SMILES string of the molecule is O=C1CCC2(CCCC2)NC(=O)CNC(=O)CNC(=O)CNC(=O)CN1. The fraction of sp³-hybridized carbons (Fsp3) is 0.688. The highest BCUT2D eigenvalue weighted by molar-refractivity contribution is 5.91. The van der Waals surface area contributed by atoms with E-state index >= 15 is 0 Å². The van der Waals surface area contributed by atoms with Crippen molar-refractivity contribution in [2.45, 2.75) is 44.1 Å². The van der Waals surface area contributed by atoms with Crippen LogP contribution in [-0.2, 0) is 24.0 Å². The summed E-state index contributed by atoms with van der Waals surface area (Å²) in [7, 11) is 0. The lowest BCUT2D eigenvalue weighted by Gasteiger charge is -2.30. The number of hydrogen-bond donors (Lipinski definition) is 5. The topological polar surface area (TPSA) is 146 Å². The molecule has 0 unspecified atom stereocenters. The van der Waals surface area contributed by atoms with Crippen LogP contribution in [0.2, 0.25) is 0 Å². The molecule has 1 spiro atoms. The van der Waals surface area contributed by atoms with Crippen LogP contribution in [0.3, 0.4) is 0 Å². The minimum Gasteiger partial charge on any atom is -0.349 e. The van der Waals surface area contributed by atoms with Gasteiger partial charge in [0.15, 0.2) is 0 Å². The quantitative estimate of drug-likeness (QED) is 0.326. The van der Waals surface area contributed by atoms with Gasteiger partial charge in [0.1, 0.15) is 0 Å². The zero-order chi connectivity index (χ0) is 19.0. The molecule has 5 N–H and O–H groups in total. The van der Waals surface area contributed by atoms with Crippen molar-refractivity contribution in [3.8, 4) is 0 Å². The van der Waals surface area contributed by atoms with Gasteiger partial charge in [0, 0.05) is 12.0 Å². The third-order valence-corrected chi connectivity index (χ3v) is 4.58. The predicted octanol–water partition coefficient (Wildman–Crippen LogP) is -2.33. The molecule has 0 aromatic carbocycles. The summed E-state index contributed by atoms with van der Waals surface area (Å²) in [6, 6.07) is 0. The molecule has 0 atom stereocenters. The van der Waals surface area contributed by atoms with Crippen molar-refractivity contribution in [3.05, 3.63) is 0 Å². The largest absolute Gasteiger partial charge is 0.349 e. The second-order valence-corrected chi connectivity index (χ2v) is 6.64. The highest BCUT2D eigenvalue weighted by Gasteiger charge is 2.35. The molecule has 5 amide bonds. The Morgan fingerprint density at radius 2 is 0.962 bits per heavy atom. The summed E-state index contributed by atoms with van der Waals surface area (Å²) in [6.45, 7) is -1.01. The van der Waals surface area contributed by atoms with Crippen LogP contribution in [0.4, 0.5) is 0 Å². The van der Waals surface area contributed by atoms with Gasteiger partial charge in [-0.2, -0.15) is 0 Å². The van der Waals surface area contributed by atoms with Gasteiger partial charge in [-0.3, -0.25) is 24.0 Å². The van der Waals surface area contributed by atoms with Crippen LogP contribution in [0, 0.1) is 0 Å². The third-order valence-electron chi connectivity index (χ3n) is 4.58. The number of hydrogen-bond acceptors (Lipinski definition) is 5. The Kier molecular flexibility index (Phi) is 6.93. The second kappa shape index (κ2) is 9.16. The highest BCUT2D eigenvalue weighted by Crippen LogP contribution is 2.33. The molecule has 26 heavy (non-hydrogen) atoms. The van der Waals surface area contributed by atoms with Gasteiger partial charge in [0.05, 0.1) is 26.2 Å². The molecule has 0 aromatic rings. The van der Waals surface area contributed by atoms with Crippen LogP contribution >= 0.6 is 0 Å². The molecule has 10 heteroatoms. The van der Waals surface area contributed by atoms with Gasteiger partial charge in [-0.25, -0.2) is 0 Å². The van der Waals surface area contributed by atoms with Crippen LogP contribution in [0.5, 0.6) is 0 Å². The van der Waals surface area contributed by atoms with Gasteiger partial charge in [0.25, 0.3) is 0 Å². The van der Waals surface area contributed by atoms with E-state index in [2.05, 4.69) is 26.6 Å². The first-order valence-corrected chi connectivity index (χ1v) is 8.76. The van der Waals surface area contributed by atoms with E-state index in [4.69, 9.17) is 0 Å². The minimum atomic E-state index is -0.543. The van der Waals surface area contributed by atoms with Crippen molar-refractivity contribution >= 4 is 29.5 Å². The summed E-state index contributed by atoms with van der Waals surface area (Å²) >= 11 is 0. The average Bonchev–Trinajstić information content (AvgIpc) is 3.07. The van der Waals surface area contributed by atoms with Gasteiger partial charge < -0.3 is 26.6 Å². The van der Waals surface area contributed by atoms with Gasteiger partial charge in [-0.05, 0) is 19.3 Å². The van der Waals surface area contributed by atoms with E-state index in [1.807, 2.05) is 0 Å². The van der Waals surface area contributed by atoms with Crippen LogP contribution in [0.1, 0.15) is 38.5 Å². The molecular formula is C16H25N5O5. The van der Waals surface area contributed by atoms with Gasteiger partial charge in [-0.1, -0.05) is 12.8 Å². The van der Waals surface area contributed by atoms with Crippen molar-refractivity contribution < 1.29 is 24.0 Å². The van der Waals surface area contributed by atoms with Crippen LogP contribution < -0.4 is 26.6 Å². The maximum Gasteiger partial charge on any atom is 0.239 e. The lowest BCUT2D eigenvalue weighted by molar-refractivity contribution is -0.129. The summed E-state index contributed by atoms with van der Waals surface area (Å²) in [5.41, 5.74) is -0.455. The maximum atomic E-state index is 12.2. The molecule has 1 heterocycles. The Balaban J connectivity index is 2.01. The predicted molar refractivity (Wildman–Crippen MR) is 90.6 cm³/mol. The van der Waals surface area contributed by atoms with E-state index in [1.165, 1.54) is 0 Å². The number of amides is 5. The summed E-state index contributed by atoms with van der Waals surface area (Å²) in [6.07, 6.45) is 4.12. The summed E-state index contributed by atoms with van der Waals surface area (Å²) < 4.78 is 0. The number of nitrogens with one attached hydrogen (secondary N) is 5. The average molecular weight is 367 g/mol. The smallest absolute Gasteiger partial charge is 0.239 e. The molecule has 0 radical (unpaired) electrons. The Morgan fingerprint density at radius 1 is 0.538 bits per heavy atom. The van der Waals surface area contributed by atoms with Gasteiger partial charge >= 0.3 is 0 Å². The Bertz CT molecular complexity index is 586. The van der Waals surface area contributed by atoms with Gasteiger partial charge in [-0.15, -0.1) is 0 Å². The first kappa shape index (κ1) is 19.7. The minimum absolute atomic E-state index is 0.181. The molecule has 2 fully saturated rings. The van der Waals surface area contributed by atoms with Crippen molar-refractivity contribution in [3.63, 3.8) is 0 Å². The highest BCUT2D eigenvalue weighted by atomic mass is 16.2. The summed E-state index contributed by atoms with van der Waals surface area (Å²) in [5.74, 6) is -2.15. The van der Waals surface area contributed by atoms with Crippen molar-refractivity contribution in [1.29, 1.82) is 0 Å². The third kappa shape index (κ3) is 6.34. The number of carbonyl (C=O) groups excluding carboxylic acids is 5. The monoisotopic (exact) mass is 367 g/mol. The van der Waals surface area contributed by atoms with Crippen molar-refractivity contribution in [1.82, 2.24) is 26.6 Å². The van der Waals surface area contributed by atoms with Gasteiger partial charge in [0.2, 0.25) is 29.5 Å². The molecular weight excluding hydrogens is 342 g/mol. The molecule has 2 aliphatic rings. The van der Waals surface area contributed by atoms with E-state index in [0.717, 1.165) is 25.7 Å². The lowest BCUT2D eigenvalue weighted by atomic mass is 9.91. The zero-order valence-electron chi connectivity index (χ0n) is 14.6. The standard InChI is InChI=1S/C16H25N5O5/c22-11-3-6-16(4-1-2-5-16)21-15(26)10-20-14(25)9-19-13(24)8-18-12(23)7-17-11/h1-10H2,(H,17,22)(H,18,23)(H,19,24)(H,20,25)(H,21,26). The first-order valence-electron chi connectivity index (χ1n) is 8.76. The maximum absolute atomic E-state index is 12.2. The number of rotatable bonds is 0. The molecule has 1 saturated heterocycles. The van der Waals surface area contributed by atoms with E-state index in [0.29, 0.717) is 6.42 Å². The molecule has 1 aliphatic heterocycles. The van der Waals surface area contributed by atoms with E-state index < -0.39 is 23.3 Å². The Morgan fingerprint density at radius 3 is 1.46 bits per heavy atom. The van der Waals surface area contributed by atoms with Crippen LogP contribution in [0.15, 0.2) is 0 Å². The van der Waals surface area contributed by atoms with Crippen molar-refractivity contribution in [2.24, 2.45) is 0 Å². The fourth-order valence-corrected chi connectivity index (χ4v) is 3.17. The summed E-state index contributed by atoms with van der Waals surface area (Å²) in [5, 5.41) is 12.6. The molecule has 1 saturated carbocycles. The van der Waals surface area contributed by atoms with E-state index in [-0.39, 0.29) is 44.4 Å². The number of carbonyl (C=O) groups is 5. The normalized spacial score (nSPS) is 23.3. The molecule has 2 rings (SSSR count). The molecule has 0 bridgehead atoms. The molecule has 144 valence electrons. The van der Waals surface area contributed by atoms with E-state index in [1.54, 1.807) is 0 Å². The fourth-order valence-electron chi connectivity index (χ4n) is 3.17. The van der Waals surface area contributed by atoms with E-state index in [9.17, 15) is 24.0 Å². The molecule has 0 aromatic heterocycles. The molecule has 10 nitrogen and oxygen atoms in total. The first-order chi connectivity index (χ1) is 12.4. The zero-order valence-corrected chi connectivity index (χ0v) is 14.6. The Hall–Kier alpha value is -2.65. The molecule has 1 aliphatic carbocycles. The van der Waals surface area contributed by atoms with Crippen LogP contribution in [-0.4, -0.2) is 61.3 Å². The summed E-state index contributed by atoms with van der Waals surface area (Å²) in [4.78, 5) is 59.0.